The zero-order chi connectivity index (χ0) is 15.9. The van der Waals surface area contributed by atoms with Crippen molar-refractivity contribution in [3.63, 3.8) is 0 Å². The number of hydrogen-bond donors (Lipinski definition) is 2. The zero-order valence-corrected chi connectivity index (χ0v) is 13.6. The Labute approximate surface area is 139 Å². The van der Waals surface area contributed by atoms with Gasteiger partial charge in [0.25, 0.3) is 0 Å². The molecule has 22 heavy (non-hydrogen) atoms. The maximum absolute atomic E-state index is 13.0. The number of thiocarbonyl (C=S) groups is 1. The molecule has 0 amide bonds. The molecule has 0 spiro atoms. The van der Waals surface area contributed by atoms with E-state index in [9.17, 15) is 4.39 Å². The van der Waals surface area contributed by atoms with Gasteiger partial charge in [-0.1, -0.05) is 35.9 Å². The number of methoxy groups -OCH3 is 1. The fourth-order valence-corrected chi connectivity index (χ4v) is 2.31. The fourth-order valence-electron chi connectivity index (χ4n) is 1.93. The molecule has 2 N–H and O–H groups in total. The first-order chi connectivity index (χ1) is 10.6. The SMILES string of the molecule is COc1ccccc1CNC(=S)NCc1ccc(F)cc1Cl. The lowest BCUT2D eigenvalue weighted by molar-refractivity contribution is 0.409. The predicted molar refractivity (Wildman–Crippen MR) is 90.7 cm³/mol. The molecule has 0 fully saturated rings. The molecule has 0 heterocycles. The summed E-state index contributed by atoms with van der Waals surface area (Å²) in [6.45, 7) is 0.976. The predicted octanol–water partition coefficient (Wildman–Crippen LogP) is 3.65. The van der Waals surface area contributed by atoms with E-state index in [0.717, 1.165) is 16.9 Å². The van der Waals surface area contributed by atoms with Crippen LogP contribution in [-0.2, 0) is 13.1 Å². The first-order valence-electron chi connectivity index (χ1n) is 6.67. The van der Waals surface area contributed by atoms with Crippen molar-refractivity contribution < 1.29 is 9.13 Å². The van der Waals surface area contributed by atoms with Crippen LogP contribution < -0.4 is 15.4 Å². The largest absolute Gasteiger partial charge is 0.496 e. The first kappa shape index (κ1) is 16.5. The molecule has 0 aliphatic heterocycles. The minimum absolute atomic E-state index is 0.356. The van der Waals surface area contributed by atoms with Crippen molar-refractivity contribution in [2.45, 2.75) is 13.1 Å². The van der Waals surface area contributed by atoms with E-state index in [2.05, 4.69) is 10.6 Å². The number of hydrogen-bond acceptors (Lipinski definition) is 2. The maximum atomic E-state index is 13.0. The summed E-state index contributed by atoms with van der Waals surface area (Å²) in [6.07, 6.45) is 0. The molecule has 0 aliphatic rings. The van der Waals surface area contributed by atoms with Crippen molar-refractivity contribution in [3.8, 4) is 5.75 Å². The molecule has 0 radical (unpaired) electrons. The Kier molecular flexibility index (Phi) is 5.98. The number of para-hydroxylation sites is 1. The third-order valence-electron chi connectivity index (χ3n) is 3.09. The van der Waals surface area contributed by atoms with Gasteiger partial charge in [0.2, 0.25) is 0 Å². The summed E-state index contributed by atoms with van der Waals surface area (Å²) in [5.41, 5.74) is 1.79. The van der Waals surface area contributed by atoms with E-state index in [-0.39, 0.29) is 5.82 Å². The Morgan fingerprint density at radius 3 is 2.50 bits per heavy atom. The fraction of sp³-hybridized carbons (Fsp3) is 0.188. The summed E-state index contributed by atoms with van der Waals surface area (Å²) in [7, 11) is 1.63. The molecule has 0 saturated carbocycles. The van der Waals surface area contributed by atoms with E-state index in [1.54, 1.807) is 13.2 Å². The van der Waals surface area contributed by atoms with E-state index in [1.165, 1.54) is 12.1 Å². The van der Waals surface area contributed by atoms with E-state index in [0.29, 0.717) is 23.2 Å². The number of halogens is 2. The third-order valence-corrected chi connectivity index (χ3v) is 3.73. The average Bonchev–Trinajstić information content (AvgIpc) is 2.52. The molecule has 0 saturated heterocycles. The summed E-state index contributed by atoms with van der Waals surface area (Å²) < 4.78 is 18.2. The van der Waals surface area contributed by atoms with Crippen LogP contribution in [0.4, 0.5) is 4.39 Å². The summed E-state index contributed by atoms with van der Waals surface area (Å²) in [6, 6.07) is 12.0. The van der Waals surface area contributed by atoms with Gasteiger partial charge in [-0.25, -0.2) is 4.39 Å². The Balaban J connectivity index is 1.85. The van der Waals surface area contributed by atoms with Crippen LogP contribution in [0, 0.1) is 5.82 Å². The minimum atomic E-state index is -0.356. The Bertz CT molecular complexity index is 666. The van der Waals surface area contributed by atoms with Crippen LogP contribution in [0.3, 0.4) is 0 Å². The summed E-state index contributed by atoms with van der Waals surface area (Å²) in [5.74, 6) is 0.449. The molecule has 116 valence electrons. The molecule has 0 unspecified atom stereocenters. The van der Waals surface area contributed by atoms with Gasteiger partial charge in [0.05, 0.1) is 7.11 Å². The lowest BCUT2D eigenvalue weighted by Crippen LogP contribution is -2.34. The van der Waals surface area contributed by atoms with Crippen molar-refractivity contribution in [3.05, 3.63) is 64.4 Å². The van der Waals surface area contributed by atoms with Gasteiger partial charge in [0.15, 0.2) is 5.11 Å². The highest BCUT2D eigenvalue weighted by Crippen LogP contribution is 2.17. The summed E-state index contributed by atoms with van der Waals surface area (Å²) in [4.78, 5) is 0. The Morgan fingerprint density at radius 2 is 1.82 bits per heavy atom. The van der Waals surface area contributed by atoms with Crippen molar-refractivity contribution in [1.29, 1.82) is 0 Å². The van der Waals surface area contributed by atoms with E-state index >= 15 is 0 Å². The van der Waals surface area contributed by atoms with Crippen LogP contribution in [0.25, 0.3) is 0 Å². The lowest BCUT2D eigenvalue weighted by Gasteiger charge is -2.13. The van der Waals surface area contributed by atoms with Crippen LogP contribution in [-0.4, -0.2) is 12.2 Å². The van der Waals surface area contributed by atoms with E-state index in [1.807, 2.05) is 24.3 Å². The van der Waals surface area contributed by atoms with Crippen molar-refractivity contribution in [2.24, 2.45) is 0 Å². The molecule has 2 rings (SSSR count). The highest BCUT2D eigenvalue weighted by molar-refractivity contribution is 7.80. The molecule has 6 heteroatoms. The topological polar surface area (TPSA) is 33.3 Å². The molecule has 0 aliphatic carbocycles. The van der Waals surface area contributed by atoms with Gasteiger partial charge < -0.3 is 15.4 Å². The van der Waals surface area contributed by atoms with Crippen LogP contribution >= 0.6 is 23.8 Å². The van der Waals surface area contributed by atoms with Gasteiger partial charge in [0, 0.05) is 23.7 Å². The highest BCUT2D eigenvalue weighted by Gasteiger charge is 2.05. The summed E-state index contributed by atoms with van der Waals surface area (Å²) >= 11 is 11.2. The zero-order valence-electron chi connectivity index (χ0n) is 12.0. The molecule has 3 nitrogen and oxygen atoms in total. The third kappa shape index (κ3) is 4.58. The quantitative estimate of drug-likeness (QED) is 0.815. The normalized spacial score (nSPS) is 10.1. The molecular formula is C16H16ClFN2OS. The molecule has 0 atom stereocenters. The Hall–Kier alpha value is -1.85. The highest BCUT2D eigenvalue weighted by atomic mass is 35.5. The summed E-state index contributed by atoms with van der Waals surface area (Å²) in [5, 5.41) is 7.00. The van der Waals surface area contributed by atoms with Gasteiger partial charge in [-0.2, -0.15) is 0 Å². The first-order valence-corrected chi connectivity index (χ1v) is 7.46. The molecule has 0 aromatic heterocycles. The van der Waals surface area contributed by atoms with Gasteiger partial charge in [0.1, 0.15) is 11.6 Å². The maximum Gasteiger partial charge on any atom is 0.166 e. The molecule has 2 aromatic rings. The van der Waals surface area contributed by atoms with Crippen molar-refractivity contribution in [2.75, 3.05) is 7.11 Å². The van der Waals surface area contributed by atoms with Crippen LogP contribution in [0.1, 0.15) is 11.1 Å². The molecule has 2 aromatic carbocycles. The van der Waals surface area contributed by atoms with Crippen LogP contribution in [0.5, 0.6) is 5.75 Å². The standard InChI is InChI=1S/C16H16ClFN2OS/c1-21-15-5-3-2-4-12(15)10-20-16(22)19-9-11-6-7-13(18)8-14(11)17/h2-8H,9-10H2,1H3,(H2,19,20,22). The molecular weight excluding hydrogens is 323 g/mol. The second-order valence-electron chi connectivity index (χ2n) is 4.58. The smallest absolute Gasteiger partial charge is 0.166 e. The van der Waals surface area contributed by atoms with Gasteiger partial charge in [-0.05, 0) is 36.0 Å². The average molecular weight is 339 g/mol. The van der Waals surface area contributed by atoms with Crippen LogP contribution in [0.2, 0.25) is 5.02 Å². The van der Waals surface area contributed by atoms with Crippen molar-refractivity contribution in [1.82, 2.24) is 10.6 Å². The monoisotopic (exact) mass is 338 g/mol. The van der Waals surface area contributed by atoms with E-state index < -0.39 is 0 Å². The Morgan fingerprint density at radius 1 is 1.14 bits per heavy atom. The number of nitrogens with one attached hydrogen (secondary N) is 2. The number of rotatable bonds is 5. The second-order valence-corrected chi connectivity index (χ2v) is 5.40. The van der Waals surface area contributed by atoms with E-state index in [4.69, 9.17) is 28.6 Å². The van der Waals surface area contributed by atoms with Gasteiger partial charge in [-0.15, -0.1) is 0 Å². The number of benzene rings is 2. The van der Waals surface area contributed by atoms with Crippen LogP contribution in [0.15, 0.2) is 42.5 Å². The van der Waals surface area contributed by atoms with Crippen molar-refractivity contribution >= 4 is 28.9 Å². The lowest BCUT2D eigenvalue weighted by atomic mass is 10.2. The molecule has 0 bridgehead atoms. The van der Waals surface area contributed by atoms with Gasteiger partial charge >= 0.3 is 0 Å². The van der Waals surface area contributed by atoms with Gasteiger partial charge in [-0.3, -0.25) is 0 Å². The minimum Gasteiger partial charge on any atom is -0.496 e. The second kappa shape index (κ2) is 7.96. The number of ether oxygens (including phenoxy) is 1.